The normalized spacial score (nSPS) is 24.5. The average Bonchev–Trinajstić information content (AvgIpc) is 3.10. The minimum absolute atomic E-state index is 0.339. The maximum absolute atomic E-state index is 11.7. The highest BCUT2D eigenvalue weighted by Gasteiger charge is 2.25. The number of aromatic nitrogens is 2. The van der Waals surface area contributed by atoms with Crippen molar-refractivity contribution in [3.8, 4) is 0 Å². The van der Waals surface area contributed by atoms with E-state index in [1.54, 1.807) is 0 Å². The summed E-state index contributed by atoms with van der Waals surface area (Å²) < 4.78 is 2.03. The monoisotopic (exact) mass is 276 g/mol. The number of carbonyl (C=O) groups is 1. The number of likely N-dealkylation sites (tertiary alicyclic amines) is 2. The Kier molecular flexibility index (Phi) is 4.35. The molecular weight excluding hydrogens is 252 g/mol. The van der Waals surface area contributed by atoms with Crippen LogP contribution in [0, 0.1) is 0 Å². The summed E-state index contributed by atoms with van der Waals surface area (Å²) in [6, 6.07) is 2.55. The molecule has 1 aromatic heterocycles. The molecule has 3 heterocycles. The SMILES string of the molecule is O=C1CCCN1CCN1CCCC[C@@H]1Cn1cccn1. The fourth-order valence-corrected chi connectivity index (χ4v) is 3.38. The number of hydrogen-bond donors (Lipinski definition) is 0. The van der Waals surface area contributed by atoms with Crippen LogP contribution in [0.1, 0.15) is 32.1 Å². The standard InChI is InChI=1S/C15H24N4O/c20-15-6-3-9-18(15)12-11-17-8-2-1-5-14(17)13-19-10-4-7-16-19/h4,7,10,14H,1-3,5-6,8-9,11-13H2/t14-/m1/s1. The van der Waals surface area contributed by atoms with E-state index in [1.807, 2.05) is 28.0 Å². The van der Waals surface area contributed by atoms with Gasteiger partial charge in [-0.3, -0.25) is 14.4 Å². The van der Waals surface area contributed by atoms with E-state index >= 15 is 0 Å². The molecule has 0 N–H and O–H groups in total. The maximum atomic E-state index is 11.7. The second kappa shape index (κ2) is 6.39. The molecule has 0 unspecified atom stereocenters. The van der Waals surface area contributed by atoms with Crippen LogP contribution in [-0.2, 0) is 11.3 Å². The molecule has 2 fully saturated rings. The molecule has 20 heavy (non-hydrogen) atoms. The van der Waals surface area contributed by atoms with Gasteiger partial charge in [-0.2, -0.15) is 5.10 Å². The number of rotatable bonds is 5. The van der Waals surface area contributed by atoms with Crippen LogP contribution < -0.4 is 0 Å². The summed E-state index contributed by atoms with van der Waals surface area (Å²) in [6.07, 6.45) is 9.50. The van der Waals surface area contributed by atoms with Gasteiger partial charge in [0.2, 0.25) is 5.91 Å². The number of carbonyl (C=O) groups excluding carboxylic acids is 1. The van der Waals surface area contributed by atoms with Crippen LogP contribution in [0.5, 0.6) is 0 Å². The Morgan fingerprint density at radius 3 is 2.90 bits per heavy atom. The van der Waals surface area contributed by atoms with Gasteiger partial charge < -0.3 is 4.90 Å². The second-order valence-corrected chi connectivity index (χ2v) is 5.90. The second-order valence-electron chi connectivity index (χ2n) is 5.90. The van der Waals surface area contributed by atoms with Gasteiger partial charge in [-0.15, -0.1) is 0 Å². The van der Waals surface area contributed by atoms with Gasteiger partial charge in [0, 0.05) is 44.5 Å². The maximum Gasteiger partial charge on any atom is 0.222 e. The van der Waals surface area contributed by atoms with Crippen LogP contribution in [0.3, 0.4) is 0 Å². The Bertz CT molecular complexity index is 431. The first-order valence-corrected chi connectivity index (χ1v) is 7.82. The molecule has 0 saturated carbocycles. The number of piperidine rings is 1. The first kappa shape index (κ1) is 13.6. The molecule has 0 aliphatic carbocycles. The fourth-order valence-electron chi connectivity index (χ4n) is 3.38. The summed E-state index contributed by atoms with van der Waals surface area (Å²) in [5.41, 5.74) is 0. The first-order valence-electron chi connectivity index (χ1n) is 7.82. The molecular formula is C15H24N4O. The molecule has 3 rings (SSSR count). The van der Waals surface area contributed by atoms with E-state index < -0.39 is 0 Å². The summed E-state index contributed by atoms with van der Waals surface area (Å²) in [6.45, 7) is 5.00. The van der Waals surface area contributed by atoms with E-state index in [1.165, 1.54) is 19.3 Å². The Morgan fingerprint density at radius 1 is 1.20 bits per heavy atom. The highest BCUT2D eigenvalue weighted by molar-refractivity contribution is 5.78. The third-order valence-corrected chi connectivity index (χ3v) is 4.53. The number of amides is 1. The van der Waals surface area contributed by atoms with Gasteiger partial charge in [0.25, 0.3) is 0 Å². The van der Waals surface area contributed by atoms with Crippen molar-refractivity contribution in [2.24, 2.45) is 0 Å². The molecule has 2 aliphatic heterocycles. The zero-order chi connectivity index (χ0) is 13.8. The lowest BCUT2D eigenvalue weighted by Crippen LogP contribution is -2.46. The van der Waals surface area contributed by atoms with Crippen LogP contribution in [-0.4, -0.2) is 57.7 Å². The fraction of sp³-hybridized carbons (Fsp3) is 0.733. The van der Waals surface area contributed by atoms with Crippen molar-refractivity contribution < 1.29 is 4.79 Å². The van der Waals surface area contributed by atoms with Gasteiger partial charge in [-0.05, 0) is 31.9 Å². The first-order chi connectivity index (χ1) is 9.83. The lowest BCUT2D eigenvalue weighted by molar-refractivity contribution is -0.128. The lowest BCUT2D eigenvalue weighted by atomic mass is 10.0. The van der Waals surface area contributed by atoms with E-state index in [0.717, 1.165) is 45.6 Å². The van der Waals surface area contributed by atoms with Gasteiger partial charge in [-0.1, -0.05) is 6.42 Å². The number of nitrogens with zero attached hydrogens (tertiary/aromatic N) is 4. The molecule has 1 amide bonds. The molecule has 1 aromatic rings. The molecule has 0 bridgehead atoms. The van der Waals surface area contributed by atoms with Crippen LogP contribution in [0.25, 0.3) is 0 Å². The summed E-state index contributed by atoms with van der Waals surface area (Å²) in [5, 5.41) is 4.32. The van der Waals surface area contributed by atoms with Crippen molar-refractivity contribution in [1.82, 2.24) is 19.6 Å². The molecule has 2 aliphatic rings. The Hall–Kier alpha value is -1.36. The summed E-state index contributed by atoms with van der Waals surface area (Å²) in [4.78, 5) is 16.3. The van der Waals surface area contributed by atoms with Gasteiger partial charge in [0.1, 0.15) is 0 Å². The van der Waals surface area contributed by atoms with Gasteiger partial charge in [0.05, 0.1) is 6.54 Å². The smallest absolute Gasteiger partial charge is 0.222 e. The van der Waals surface area contributed by atoms with Crippen molar-refractivity contribution in [3.63, 3.8) is 0 Å². The zero-order valence-electron chi connectivity index (χ0n) is 12.1. The Morgan fingerprint density at radius 2 is 2.15 bits per heavy atom. The molecule has 5 nitrogen and oxygen atoms in total. The van der Waals surface area contributed by atoms with Crippen molar-refractivity contribution in [1.29, 1.82) is 0 Å². The van der Waals surface area contributed by atoms with Gasteiger partial charge in [-0.25, -0.2) is 0 Å². The minimum Gasteiger partial charge on any atom is -0.341 e. The molecule has 110 valence electrons. The molecule has 0 radical (unpaired) electrons. The van der Waals surface area contributed by atoms with Crippen molar-refractivity contribution in [3.05, 3.63) is 18.5 Å². The Labute approximate surface area is 120 Å². The number of hydrogen-bond acceptors (Lipinski definition) is 3. The van der Waals surface area contributed by atoms with Crippen LogP contribution >= 0.6 is 0 Å². The van der Waals surface area contributed by atoms with E-state index in [4.69, 9.17) is 0 Å². The van der Waals surface area contributed by atoms with E-state index in [0.29, 0.717) is 11.9 Å². The van der Waals surface area contributed by atoms with Crippen LogP contribution in [0.4, 0.5) is 0 Å². The predicted octanol–water partition coefficient (Wildman–Crippen LogP) is 1.36. The largest absolute Gasteiger partial charge is 0.341 e. The molecule has 5 heteroatoms. The van der Waals surface area contributed by atoms with Crippen LogP contribution in [0.2, 0.25) is 0 Å². The predicted molar refractivity (Wildman–Crippen MR) is 77.3 cm³/mol. The molecule has 2 saturated heterocycles. The minimum atomic E-state index is 0.339. The third kappa shape index (κ3) is 3.20. The average molecular weight is 276 g/mol. The van der Waals surface area contributed by atoms with E-state index in [-0.39, 0.29) is 0 Å². The highest BCUT2D eigenvalue weighted by atomic mass is 16.2. The summed E-state index contributed by atoms with van der Waals surface area (Å²) in [5.74, 6) is 0.339. The quantitative estimate of drug-likeness (QED) is 0.815. The summed E-state index contributed by atoms with van der Waals surface area (Å²) in [7, 11) is 0. The summed E-state index contributed by atoms with van der Waals surface area (Å²) >= 11 is 0. The highest BCUT2D eigenvalue weighted by Crippen LogP contribution is 2.19. The zero-order valence-corrected chi connectivity index (χ0v) is 12.1. The van der Waals surface area contributed by atoms with Crippen molar-refractivity contribution in [2.75, 3.05) is 26.2 Å². The topological polar surface area (TPSA) is 41.4 Å². The van der Waals surface area contributed by atoms with E-state index in [9.17, 15) is 4.79 Å². The third-order valence-electron chi connectivity index (χ3n) is 4.53. The lowest BCUT2D eigenvalue weighted by Gasteiger charge is -2.36. The van der Waals surface area contributed by atoms with Crippen molar-refractivity contribution >= 4 is 5.91 Å². The molecule has 0 aromatic carbocycles. The van der Waals surface area contributed by atoms with Crippen molar-refractivity contribution in [2.45, 2.75) is 44.7 Å². The van der Waals surface area contributed by atoms with Crippen LogP contribution in [0.15, 0.2) is 18.5 Å². The molecule has 0 spiro atoms. The van der Waals surface area contributed by atoms with E-state index in [2.05, 4.69) is 10.00 Å². The van der Waals surface area contributed by atoms with Gasteiger partial charge >= 0.3 is 0 Å². The Balaban J connectivity index is 1.53. The van der Waals surface area contributed by atoms with Gasteiger partial charge in [0.15, 0.2) is 0 Å². The molecule has 1 atom stereocenters.